The molecule has 186 valence electrons. The van der Waals surface area contributed by atoms with Crippen LogP contribution < -0.4 is 4.74 Å². The number of benzene rings is 2. The van der Waals surface area contributed by atoms with Gasteiger partial charge < -0.3 is 19.5 Å². The van der Waals surface area contributed by atoms with Crippen molar-refractivity contribution in [3.63, 3.8) is 0 Å². The van der Waals surface area contributed by atoms with Crippen LogP contribution in [0, 0.1) is 0 Å². The van der Waals surface area contributed by atoms with E-state index in [4.69, 9.17) is 9.72 Å². The molecule has 7 nitrogen and oxygen atoms in total. The molecule has 3 atom stereocenters. The lowest BCUT2D eigenvalue weighted by Crippen LogP contribution is -2.19. The summed E-state index contributed by atoms with van der Waals surface area (Å²) in [6.45, 7) is 0.270. The third-order valence-corrected chi connectivity index (χ3v) is 8.24. The topological polar surface area (TPSA) is 93.3 Å². The second-order valence-electron chi connectivity index (χ2n) is 9.64. The number of aliphatic hydroxyl groups excluding tert-OH is 1. The fourth-order valence-corrected chi connectivity index (χ4v) is 6.57. The number of hydrogen-bond acceptors (Lipinski definition) is 7. The van der Waals surface area contributed by atoms with Crippen LogP contribution >= 0.6 is 11.8 Å². The summed E-state index contributed by atoms with van der Waals surface area (Å²) in [5, 5.41) is 20.2. The van der Waals surface area contributed by atoms with Crippen LogP contribution in [-0.2, 0) is 5.60 Å². The highest BCUT2D eigenvalue weighted by molar-refractivity contribution is 8.00. The summed E-state index contributed by atoms with van der Waals surface area (Å²) in [7, 11) is 0. The van der Waals surface area contributed by atoms with E-state index in [-0.39, 0.29) is 29.6 Å². The van der Waals surface area contributed by atoms with E-state index in [2.05, 4.69) is 14.5 Å². The number of rotatable bonds is 5. The lowest BCUT2D eigenvalue weighted by atomic mass is 9.95. The highest BCUT2D eigenvalue weighted by Gasteiger charge is 2.44. The molecule has 0 unspecified atom stereocenters. The molecule has 0 aliphatic carbocycles. The first-order valence-corrected chi connectivity index (χ1v) is 12.5. The Morgan fingerprint density at radius 1 is 1.17 bits per heavy atom. The summed E-state index contributed by atoms with van der Waals surface area (Å²) in [6, 6.07) is 10.8. The molecule has 0 spiro atoms. The van der Waals surface area contributed by atoms with Gasteiger partial charge in [0.25, 0.3) is 0 Å². The summed E-state index contributed by atoms with van der Waals surface area (Å²) in [5.74, 6) is 1.28. The summed E-state index contributed by atoms with van der Waals surface area (Å²) >= 11 is 1.49. The predicted molar refractivity (Wildman–Crippen MR) is 131 cm³/mol. The summed E-state index contributed by atoms with van der Waals surface area (Å²) in [4.78, 5) is 14.4. The van der Waals surface area contributed by atoms with E-state index in [1.54, 1.807) is 38.4 Å². The zero-order chi connectivity index (χ0) is 25.2. The van der Waals surface area contributed by atoms with E-state index in [1.165, 1.54) is 11.8 Å². The van der Waals surface area contributed by atoms with Gasteiger partial charge in [-0.15, -0.1) is 11.8 Å². The molecule has 0 fully saturated rings. The predicted octanol–water partition coefficient (Wildman–Crippen LogP) is 4.87. The monoisotopic (exact) mass is 510 g/mol. The van der Waals surface area contributed by atoms with E-state index in [1.807, 2.05) is 24.3 Å². The first kappa shape index (κ1) is 23.3. The lowest BCUT2D eigenvalue weighted by Gasteiger charge is -2.23. The van der Waals surface area contributed by atoms with Crippen LogP contribution in [0.1, 0.15) is 49.4 Å². The maximum absolute atomic E-state index is 13.3. The Bertz CT molecular complexity index is 1450. The van der Waals surface area contributed by atoms with Gasteiger partial charge >= 0.3 is 6.61 Å². The van der Waals surface area contributed by atoms with Crippen LogP contribution in [0.3, 0.4) is 0 Å². The highest BCUT2D eigenvalue weighted by Crippen LogP contribution is 2.55. The number of aromatic nitrogens is 4. The summed E-state index contributed by atoms with van der Waals surface area (Å²) in [5.41, 5.74) is 2.86. The first-order valence-electron chi connectivity index (χ1n) is 11.7. The number of alkyl halides is 2. The molecule has 36 heavy (non-hydrogen) atoms. The fourth-order valence-electron chi connectivity index (χ4n) is 5.25. The molecule has 2 aromatic carbocycles. The molecule has 2 aromatic heterocycles. The number of hydrogen-bond donors (Lipinski definition) is 2. The molecule has 0 saturated carbocycles. The Morgan fingerprint density at radius 3 is 2.64 bits per heavy atom. The Hall–Kier alpha value is -3.08. The van der Waals surface area contributed by atoms with E-state index in [0.29, 0.717) is 17.8 Å². The molecule has 4 heterocycles. The van der Waals surface area contributed by atoms with E-state index in [9.17, 15) is 19.0 Å². The molecule has 0 radical (unpaired) electrons. The molecule has 6 rings (SSSR count). The second kappa shape index (κ2) is 8.50. The molecule has 2 aliphatic rings. The van der Waals surface area contributed by atoms with Crippen LogP contribution in [0.4, 0.5) is 8.78 Å². The Balaban J connectivity index is 1.51. The number of halogens is 2. The van der Waals surface area contributed by atoms with Gasteiger partial charge in [-0.2, -0.15) is 8.78 Å². The summed E-state index contributed by atoms with van der Waals surface area (Å²) in [6.07, 6.45) is 3.99. The van der Waals surface area contributed by atoms with Gasteiger partial charge in [-0.05, 0) is 50.1 Å². The van der Waals surface area contributed by atoms with E-state index < -0.39 is 12.2 Å². The van der Waals surface area contributed by atoms with Crippen LogP contribution in [0.25, 0.3) is 22.2 Å². The molecular weight excluding hydrogens is 486 g/mol. The molecule has 2 aliphatic heterocycles. The minimum Gasteiger partial charge on any atom is -0.434 e. The van der Waals surface area contributed by atoms with Crippen molar-refractivity contribution in [1.82, 2.24) is 19.5 Å². The quantitative estimate of drug-likeness (QED) is 0.396. The van der Waals surface area contributed by atoms with Gasteiger partial charge in [-0.3, -0.25) is 0 Å². The van der Waals surface area contributed by atoms with E-state index >= 15 is 0 Å². The maximum Gasteiger partial charge on any atom is 0.387 e. The van der Waals surface area contributed by atoms with Gasteiger partial charge in [0.15, 0.2) is 5.82 Å². The van der Waals surface area contributed by atoms with Crippen LogP contribution in [0.5, 0.6) is 5.75 Å². The zero-order valence-electron chi connectivity index (χ0n) is 19.6. The number of aliphatic hydroxyl groups is 2. The lowest BCUT2D eigenvalue weighted by molar-refractivity contribution is -0.0508. The van der Waals surface area contributed by atoms with Crippen molar-refractivity contribution in [1.29, 1.82) is 0 Å². The van der Waals surface area contributed by atoms with Gasteiger partial charge in [-0.25, -0.2) is 15.0 Å². The maximum atomic E-state index is 13.3. The van der Waals surface area contributed by atoms with Crippen molar-refractivity contribution in [3.8, 4) is 16.9 Å². The molecule has 2 bridgehead atoms. The van der Waals surface area contributed by atoms with Crippen LogP contribution in [0.15, 0.2) is 53.7 Å². The zero-order valence-corrected chi connectivity index (χ0v) is 20.4. The molecule has 2 N–H and O–H groups in total. The third kappa shape index (κ3) is 3.75. The largest absolute Gasteiger partial charge is 0.434 e. The number of thioether (sulfide) groups is 1. The number of nitrogens with zero attached hydrogens (tertiary/aromatic N) is 4. The van der Waals surface area contributed by atoms with Gasteiger partial charge in [0, 0.05) is 39.6 Å². The highest BCUT2D eigenvalue weighted by atomic mass is 32.2. The molecule has 0 saturated heterocycles. The van der Waals surface area contributed by atoms with Crippen molar-refractivity contribution in [2.24, 2.45) is 0 Å². The van der Waals surface area contributed by atoms with Crippen molar-refractivity contribution in [2.75, 3.05) is 6.61 Å². The Labute approximate surface area is 210 Å². The van der Waals surface area contributed by atoms with Gasteiger partial charge in [0.05, 0.1) is 23.7 Å². The average molecular weight is 511 g/mol. The standard InChI is InChI=1S/C26H24F2N4O3S/c1-26(2,34)24-29-10-14(11-30-24)13-6-7-16-17(8-13)32-18-9-15(23(32)31-16)21(12-33)36-20-5-3-4-19(22(18)20)35-25(27)28/h3-8,10-11,15,18,21,25,33-34H,9,12H2,1-2H3/t15-,18-,21+/m0/s1. The first-order chi connectivity index (χ1) is 17.2. The Kier molecular flexibility index (Phi) is 5.51. The smallest absolute Gasteiger partial charge is 0.387 e. The van der Waals surface area contributed by atoms with Gasteiger partial charge in [0.1, 0.15) is 17.2 Å². The third-order valence-electron chi connectivity index (χ3n) is 6.85. The van der Waals surface area contributed by atoms with Crippen LogP contribution in [0.2, 0.25) is 0 Å². The van der Waals surface area contributed by atoms with Crippen molar-refractivity contribution >= 4 is 22.8 Å². The van der Waals surface area contributed by atoms with Gasteiger partial charge in [0.2, 0.25) is 0 Å². The molecule has 0 amide bonds. The molecule has 10 heteroatoms. The molecular formula is C26H24F2N4O3S. The van der Waals surface area contributed by atoms with E-state index in [0.717, 1.165) is 32.9 Å². The van der Waals surface area contributed by atoms with Crippen LogP contribution in [-0.4, -0.2) is 48.2 Å². The Morgan fingerprint density at radius 2 is 1.94 bits per heavy atom. The van der Waals surface area contributed by atoms with Crippen molar-refractivity contribution in [2.45, 2.75) is 54.6 Å². The number of fused-ring (bicyclic) bond motifs is 9. The SMILES string of the molecule is CC(C)(O)c1ncc(-c2ccc3nc4n(c3c2)[C@H]2C[C@H]4[C@@H](CO)Sc3cccc(OC(F)F)c32)cn1. The normalized spacial score (nSPS) is 20.9. The number of imidazole rings is 1. The number of ether oxygens (including phenoxy) is 1. The molecule has 4 aromatic rings. The second-order valence-corrected chi connectivity index (χ2v) is 10.9. The average Bonchev–Trinajstić information content (AvgIpc) is 3.33. The summed E-state index contributed by atoms with van der Waals surface area (Å²) < 4.78 is 33.6. The van der Waals surface area contributed by atoms with Crippen molar-refractivity contribution < 1.29 is 23.7 Å². The van der Waals surface area contributed by atoms with Crippen molar-refractivity contribution in [3.05, 3.63) is 66.0 Å². The van der Waals surface area contributed by atoms with Gasteiger partial charge in [-0.1, -0.05) is 12.1 Å². The minimum absolute atomic E-state index is 0.0398. The fraction of sp³-hybridized carbons (Fsp3) is 0.346. The minimum atomic E-state index is -2.94.